The van der Waals surface area contributed by atoms with Gasteiger partial charge >= 0.3 is 0 Å². The molecule has 7 heteroatoms. The van der Waals surface area contributed by atoms with Crippen molar-refractivity contribution in [3.63, 3.8) is 0 Å². The minimum atomic E-state index is -0.523. The van der Waals surface area contributed by atoms with E-state index in [0.29, 0.717) is 15.7 Å². The summed E-state index contributed by atoms with van der Waals surface area (Å²) in [5.41, 5.74) is 6.13. The third-order valence-electron chi connectivity index (χ3n) is 2.79. The van der Waals surface area contributed by atoms with Crippen molar-refractivity contribution in [1.29, 1.82) is 0 Å². The second kappa shape index (κ2) is 6.71. The second-order valence-electron chi connectivity index (χ2n) is 4.87. The molecule has 0 atom stereocenters. The summed E-state index contributed by atoms with van der Waals surface area (Å²) in [4.78, 5) is 11.9. The van der Waals surface area contributed by atoms with E-state index in [1.54, 1.807) is 25.3 Å². The molecule has 0 spiro atoms. The first-order valence-electron chi connectivity index (χ1n) is 5.91. The Morgan fingerprint density at radius 3 is 2.70 bits per heavy atom. The van der Waals surface area contributed by atoms with Crippen LogP contribution in [0.25, 0.3) is 0 Å². The Morgan fingerprint density at radius 1 is 1.55 bits per heavy atom. The number of nitrogens with zero attached hydrogens (tertiary/aromatic N) is 1. The van der Waals surface area contributed by atoms with E-state index in [4.69, 9.17) is 15.7 Å². The van der Waals surface area contributed by atoms with Crippen LogP contribution < -0.4 is 11.1 Å². The quantitative estimate of drug-likeness (QED) is 0.330. The molecule has 0 unspecified atom stereocenters. The molecule has 0 aliphatic carbocycles. The number of oxime groups is 1. The fraction of sp³-hybridized carbons (Fsp3) is 0.385. The minimum absolute atomic E-state index is 0.00379. The predicted molar refractivity (Wildman–Crippen MR) is 81.0 cm³/mol. The number of rotatable bonds is 5. The molecule has 1 amide bonds. The summed E-state index contributed by atoms with van der Waals surface area (Å²) >= 11 is 3.33. The van der Waals surface area contributed by atoms with Crippen LogP contribution in [0.4, 0.5) is 5.69 Å². The van der Waals surface area contributed by atoms with Gasteiger partial charge in [-0.25, -0.2) is 0 Å². The topological polar surface area (TPSA) is 96.9 Å². The standard InChI is InChI=1S/C13H18BrN3O3/c1-13(2,20-3)7-11(18)16-10-5-4-8(6-9(10)14)12(15)17-19/h4-6,19H,7H2,1-3H3,(H2,15,17)(H,16,18). The molecule has 0 aliphatic heterocycles. The lowest BCUT2D eigenvalue weighted by molar-refractivity contribution is -0.121. The largest absolute Gasteiger partial charge is 0.409 e. The molecule has 0 heterocycles. The van der Waals surface area contributed by atoms with Gasteiger partial charge in [-0.15, -0.1) is 0 Å². The van der Waals surface area contributed by atoms with Crippen molar-refractivity contribution in [3.8, 4) is 0 Å². The van der Waals surface area contributed by atoms with Crippen LogP contribution in [0.5, 0.6) is 0 Å². The summed E-state index contributed by atoms with van der Waals surface area (Å²) in [5.74, 6) is -0.154. The number of hydrogen-bond acceptors (Lipinski definition) is 4. The molecule has 0 bridgehead atoms. The van der Waals surface area contributed by atoms with Crippen LogP contribution >= 0.6 is 15.9 Å². The summed E-state index contributed by atoms with van der Waals surface area (Å²) in [7, 11) is 1.56. The Kier molecular flexibility index (Phi) is 5.52. The Hall–Kier alpha value is -1.60. The molecule has 6 nitrogen and oxygen atoms in total. The molecular weight excluding hydrogens is 326 g/mol. The van der Waals surface area contributed by atoms with E-state index in [1.165, 1.54) is 0 Å². The average Bonchev–Trinajstić information content (AvgIpc) is 2.39. The van der Waals surface area contributed by atoms with Crippen molar-refractivity contribution in [2.45, 2.75) is 25.9 Å². The van der Waals surface area contributed by atoms with E-state index in [0.717, 1.165) is 0 Å². The lowest BCUT2D eigenvalue weighted by Crippen LogP contribution is -2.29. The molecule has 0 aromatic heterocycles. The number of benzene rings is 1. The molecule has 1 aromatic carbocycles. The zero-order valence-electron chi connectivity index (χ0n) is 11.6. The van der Waals surface area contributed by atoms with Gasteiger partial charge in [0.2, 0.25) is 5.91 Å². The van der Waals surface area contributed by atoms with Crippen LogP contribution in [-0.2, 0) is 9.53 Å². The van der Waals surface area contributed by atoms with Gasteiger partial charge in [0, 0.05) is 17.1 Å². The molecular formula is C13H18BrN3O3. The maximum atomic E-state index is 11.9. The summed E-state index contributed by atoms with van der Waals surface area (Å²) in [6.07, 6.45) is 0.234. The Balaban J connectivity index is 2.82. The number of hydrogen-bond donors (Lipinski definition) is 3. The highest BCUT2D eigenvalue weighted by atomic mass is 79.9. The Morgan fingerprint density at radius 2 is 2.20 bits per heavy atom. The Bertz CT molecular complexity index is 530. The van der Waals surface area contributed by atoms with E-state index < -0.39 is 5.60 Å². The third kappa shape index (κ3) is 4.50. The van der Waals surface area contributed by atoms with Crippen molar-refractivity contribution in [2.75, 3.05) is 12.4 Å². The van der Waals surface area contributed by atoms with Gasteiger partial charge in [0.15, 0.2) is 5.84 Å². The van der Waals surface area contributed by atoms with Crippen LogP contribution in [-0.4, -0.2) is 29.7 Å². The van der Waals surface area contributed by atoms with Crippen LogP contribution in [0, 0.1) is 0 Å². The number of amidine groups is 1. The molecule has 1 rings (SSSR count). The first-order chi connectivity index (χ1) is 9.29. The van der Waals surface area contributed by atoms with Crippen LogP contribution in [0.15, 0.2) is 27.8 Å². The van der Waals surface area contributed by atoms with Crippen LogP contribution in [0.2, 0.25) is 0 Å². The van der Waals surface area contributed by atoms with E-state index >= 15 is 0 Å². The summed E-state index contributed by atoms with van der Waals surface area (Å²) in [5, 5.41) is 14.3. The number of methoxy groups -OCH3 is 1. The van der Waals surface area contributed by atoms with Gasteiger partial charge in [0.1, 0.15) is 0 Å². The Labute approximate surface area is 126 Å². The van der Waals surface area contributed by atoms with Gasteiger partial charge < -0.3 is 21.0 Å². The van der Waals surface area contributed by atoms with E-state index in [9.17, 15) is 4.79 Å². The maximum absolute atomic E-state index is 11.9. The molecule has 1 aromatic rings. The normalized spacial score (nSPS) is 12.3. The lowest BCUT2D eigenvalue weighted by Gasteiger charge is -2.22. The second-order valence-corrected chi connectivity index (χ2v) is 5.72. The first-order valence-corrected chi connectivity index (χ1v) is 6.71. The third-order valence-corrected chi connectivity index (χ3v) is 3.44. The number of halogens is 1. The van der Waals surface area contributed by atoms with Crippen molar-refractivity contribution in [1.82, 2.24) is 0 Å². The van der Waals surface area contributed by atoms with Crippen molar-refractivity contribution in [3.05, 3.63) is 28.2 Å². The smallest absolute Gasteiger partial charge is 0.227 e. The number of nitrogens with two attached hydrogens (primary N) is 1. The van der Waals surface area contributed by atoms with Gasteiger partial charge in [-0.05, 0) is 48.0 Å². The number of carbonyl (C=O) groups is 1. The van der Waals surface area contributed by atoms with Crippen LogP contribution in [0.3, 0.4) is 0 Å². The van der Waals surface area contributed by atoms with Gasteiger partial charge in [-0.2, -0.15) is 0 Å². The van der Waals surface area contributed by atoms with E-state index in [2.05, 4.69) is 26.4 Å². The maximum Gasteiger partial charge on any atom is 0.227 e. The fourth-order valence-corrected chi connectivity index (χ4v) is 1.96. The zero-order valence-corrected chi connectivity index (χ0v) is 13.2. The van der Waals surface area contributed by atoms with Crippen molar-refractivity contribution < 1.29 is 14.7 Å². The van der Waals surface area contributed by atoms with Crippen molar-refractivity contribution >= 4 is 33.4 Å². The van der Waals surface area contributed by atoms with E-state index in [-0.39, 0.29) is 18.2 Å². The summed E-state index contributed by atoms with van der Waals surface area (Å²) in [6, 6.07) is 4.98. The zero-order chi connectivity index (χ0) is 15.3. The number of amides is 1. The molecule has 20 heavy (non-hydrogen) atoms. The van der Waals surface area contributed by atoms with Gasteiger partial charge in [0.05, 0.1) is 17.7 Å². The first kappa shape index (κ1) is 16.5. The minimum Gasteiger partial charge on any atom is -0.409 e. The summed E-state index contributed by atoms with van der Waals surface area (Å²) < 4.78 is 5.85. The van der Waals surface area contributed by atoms with Crippen molar-refractivity contribution in [2.24, 2.45) is 10.9 Å². The predicted octanol–water partition coefficient (Wildman–Crippen LogP) is 2.30. The molecule has 0 fully saturated rings. The summed E-state index contributed by atoms with van der Waals surface area (Å²) in [6.45, 7) is 3.67. The number of carbonyl (C=O) groups excluding carboxylic acids is 1. The SMILES string of the molecule is COC(C)(C)CC(=O)Nc1ccc(/C(N)=N/O)cc1Br. The van der Waals surface area contributed by atoms with Crippen LogP contribution in [0.1, 0.15) is 25.8 Å². The lowest BCUT2D eigenvalue weighted by atomic mass is 10.0. The fourth-order valence-electron chi connectivity index (χ4n) is 1.49. The average molecular weight is 344 g/mol. The van der Waals surface area contributed by atoms with E-state index in [1.807, 2.05) is 13.8 Å². The molecule has 0 saturated heterocycles. The molecule has 110 valence electrons. The van der Waals surface area contributed by atoms with Gasteiger partial charge in [-0.3, -0.25) is 4.79 Å². The number of anilines is 1. The highest BCUT2D eigenvalue weighted by Crippen LogP contribution is 2.24. The highest BCUT2D eigenvalue weighted by Gasteiger charge is 2.21. The number of ether oxygens (including phenoxy) is 1. The van der Waals surface area contributed by atoms with Gasteiger partial charge in [-0.1, -0.05) is 5.16 Å². The number of nitrogens with one attached hydrogen (secondary N) is 1. The van der Waals surface area contributed by atoms with Gasteiger partial charge in [0.25, 0.3) is 0 Å². The monoisotopic (exact) mass is 343 g/mol. The molecule has 0 saturated carbocycles. The molecule has 0 aliphatic rings. The molecule has 4 N–H and O–H groups in total. The molecule has 0 radical (unpaired) electrons. The highest BCUT2D eigenvalue weighted by molar-refractivity contribution is 9.10.